The lowest BCUT2D eigenvalue weighted by Gasteiger charge is -2.54. The summed E-state index contributed by atoms with van der Waals surface area (Å²) in [4.78, 5) is 16.8. The zero-order valence-corrected chi connectivity index (χ0v) is 18.8. The molecule has 2 spiro atoms. The number of aromatic nitrogens is 1. The van der Waals surface area contributed by atoms with E-state index >= 15 is 0 Å². The molecule has 5 heteroatoms. The van der Waals surface area contributed by atoms with Crippen molar-refractivity contribution in [1.29, 1.82) is 0 Å². The molecule has 7 atom stereocenters. The van der Waals surface area contributed by atoms with Crippen molar-refractivity contribution in [2.75, 3.05) is 0 Å². The number of hydrogen-bond acceptors (Lipinski definition) is 5. The molecule has 3 aliphatic carbocycles. The van der Waals surface area contributed by atoms with Crippen LogP contribution in [0.1, 0.15) is 56.9 Å². The minimum absolute atomic E-state index is 0.0626. The lowest BCUT2D eigenvalue weighted by atomic mass is 9.58. The third-order valence-electron chi connectivity index (χ3n) is 9.74. The molecule has 2 N–H and O–H groups in total. The van der Waals surface area contributed by atoms with E-state index in [1.54, 1.807) is 0 Å². The van der Waals surface area contributed by atoms with Crippen molar-refractivity contribution >= 4 is 16.6 Å². The van der Waals surface area contributed by atoms with E-state index in [0.29, 0.717) is 17.4 Å². The van der Waals surface area contributed by atoms with Gasteiger partial charge in [-0.2, -0.15) is 0 Å². The first-order chi connectivity index (χ1) is 15.9. The van der Waals surface area contributed by atoms with E-state index in [1.165, 1.54) is 16.3 Å². The van der Waals surface area contributed by atoms with Gasteiger partial charge < -0.3 is 14.9 Å². The van der Waals surface area contributed by atoms with Crippen LogP contribution in [0.15, 0.2) is 60.0 Å². The standard InChI is InChI=1S/C28H29NO4/c1-26-8-6-19-13-21-24(31)25(32)22(30)14-27(21)9-10-28(19,33-27)23(26)5-4-20(26)17-3-2-16-7-11-29-15-18(16)12-17/h2-3,6-7,11-13,15,20,23-25,31-32H,4-5,8-10,14H2,1H3/t20-,23-,24-,25?,26-,27-,28-/m1/s1. The molecule has 2 bridgehead atoms. The predicted molar refractivity (Wildman–Crippen MR) is 124 cm³/mol. The van der Waals surface area contributed by atoms with Crippen molar-refractivity contribution in [3.63, 3.8) is 0 Å². The zero-order chi connectivity index (χ0) is 22.6. The van der Waals surface area contributed by atoms with E-state index in [2.05, 4.69) is 48.3 Å². The number of ether oxygens (including phenoxy) is 1. The molecule has 7 rings (SSSR count). The molecule has 1 unspecified atom stereocenters. The molecule has 2 aromatic rings. The third-order valence-corrected chi connectivity index (χ3v) is 9.74. The highest BCUT2D eigenvalue weighted by atomic mass is 16.5. The largest absolute Gasteiger partial charge is 0.385 e. The van der Waals surface area contributed by atoms with Gasteiger partial charge in [-0.3, -0.25) is 9.78 Å². The van der Waals surface area contributed by atoms with Crippen molar-refractivity contribution < 1.29 is 19.7 Å². The van der Waals surface area contributed by atoms with Gasteiger partial charge in [-0.05, 0) is 83.6 Å². The number of carbonyl (C=O) groups is 1. The van der Waals surface area contributed by atoms with Crippen molar-refractivity contribution in [2.24, 2.45) is 11.3 Å². The fourth-order valence-electron chi connectivity index (χ4n) is 8.14. The van der Waals surface area contributed by atoms with Crippen LogP contribution in [0.25, 0.3) is 10.8 Å². The second-order valence-corrected chi connectivity index (χ2v) is 11.2. The number of fused-ring (bicyclic) bond motifs is 2. The number of hydrogen-bond donors (Lipinski definition) is 2. The third kappa shape index (κ3) is 2.43. The molecule has 3 heterocycles. The zero-order valence-electron chi connectivity index (χ0n) is 18.8. The predicted octanol–water partition coefficient (Wildman–Crippen LogP) is 3.99. The maximum absolute atomic E-state index is 12.5. The number of benzene rings is 1. The van der Waals surface area contributed by atoms with Gasteiger partial charge in [0, 0.05) is 24.2 Å². The monoisotopic (exact) mass is 443 g/mol. The van der Waals surface area contributed by atoms with Crippen molar-refractivity contribution in [1.82, 2.24) is 4.98 Å². The summed E-state index contributed by atoms with van der Waals surface area (Å²) in [6, 6.07) is 8.86. The van der Waals surface area contributed by atoms with Gasteiger partial charge in [0.25, 0.3) is 0 Å². The maximum Gasteiger partial charge on any atom is 0.167 e. The van der Waals surface area contributed by atoms with E-state index in [1.807, 2.05) is 12.4 Å². The number of ketones is 1. The first kappa shape index (κ1) is 20.1. The molecule has 170 valence electrons. The van der Waals surface area contributed by atoms with Gasteiger partial charge in [0.05, 0.1) is 5.60 Å². The first-order valence-corrected chi connectivity index (χ1v) is 12.2. The summed E-state index contributed by atoms with van der Waals surface area (Å²) >= 11 is 0. The molecular formula is C28H29NO4. The highest BCUT2D eigenvalue weighted by molar-refractivity contribution is 5.88. The van der Waals surface area contributed by atoms with Gasteiger partial charge in [-0.1, -0.05) is 31.2 Å². The maximum atomic E-state index is 12.5. The van der Waals surface area contributed by atoms with E-state index in [4.69, 9.17) is 4.74 Å². The summed E-state index contributed by atoms with van der Waals surface area (Å²) in [5.74, 6) is 0.484. The highest BCUT2D eigenvalue weighted by Gasteiger charge is 2.68. The number of allylic oxidation sites excluding steroid dienone is 1. The van der Waals surface area contributed by atoms with Crippen LogP contribution < -0.4 is 0 Å². The van der Waals surface area contributed by atoms with Crippen LogP contribution in [0.5, 0.6) is 0 Å². The molecule has 5 nitrogen and oxygen atoms in total. The average Bonchev–Trinajstić information content (AvgIpc) is 3.33. The Bertz CT molecular complexity index is 1270. The lowest BCUT2D eigenvalue weighted by molar-refractivity contribution is -0.164. The normalized spacial score (nSPS) is 43.5. The molecule has 3 fully saturated rings. The molecule has 1 saturated heterocycles. The Labute approximate surface area is 193 Å². The van der Waals surface area contributed by atoms with Gasteiger partial charge >= 0.3 is 0 Å². The van der Waals surface area contributed by atoms with E-state index in [0.717, 1.165) is 37.7 Å². The lowest BCUT2D eigenvalue weighted by Crippen LogP contribution is -2.58. The summed E-state index contributed by atoms with van der Waals surface area (Å²) in [6.07, 6.45) is 10.6. The van der Waals surface area contributed by atoms with Crippen molar-refractivity contribution in [2.45, 2.75) is 74.8 Å². The van der Waals surface area contributed by atoms with E-state index < -0.39 is 23.4 Å². The molecule has 2 saturated carbocycles. The summed E-state index contributed by atoms with van der Waals surface area (Å²) in [6.45, 7) is 2.42. The van der Waals surface area contributed by atoms with Crippen LogP contribution in [0.4, 0.5) is 0 Å². The van der Waals surface area contributed by atoms with Crippen molar-refractivity contribution in [3.05, 3.63) is 65.5 Å². The fraction of sp³-hybridized carbons (Fsp3) is 0.500. The summed E-state index contributed by atoms with van der Waals surface area (Å²) in [7, 11) is 0. The Morgan fingerprint density at radius 2 is 1.97 bits per heavy atom. The molecule has 5 aliphatic rings. The van der Waals surface area contributed by atoms with E-state index in [9.17, 15) is 15.0 Å². The molecular weight excluding hydrogens is 414 g/mol. The Morgan fingerprint density at radius 1 is 1.09 bits per heavy atom. The fourth-order valence-corrected chi connectivity index (χ4v) is 8.14. The van der Waals surface area contributed by atoms with Crippen LogP contribution in [0.2, 0.25) is 0 Å². The van der Waals surface area contributed by atoms with Gasteiger partial charge in [0.2, 0.25) is 0 Å². The number of aliphatic hydroxyl groups excluding tert-OH is 2. The number of rotatable bonds is 1. The van der Waals surface area contributed by atoms with Crippen LogP contribution >= 0.6 is 0 Å². The molecule has 0 amide bonds. The van der Waals surface area contributed by atoms with Gasteiger partial charge in [-0.15, -0.1) is 0 Å². The smallest absolute Gasteiger partial charge is 0.167 e. The minimum atomic E-state index is -1.34. The summed E-state index contributed by atoms with van der Waals surface area (Å²) < 4.78 is 6.96. The van der Waals surface area contributed by atoms with Crippen LogP contribution in [-0.4, -0.2) is 44.4 Å². The molecule has 2 aliphatic heterocycles. The second kappa shape index (κ2) is 6.41. The Morgan fingerprint density at radius 3 is 2.85 bits per heavy atom. The number of pyridine rings is 1. The second-order valence-electron chi connectivity index (χ2n) is 11.2. The first-order valence-electron chi connectivity index (χ1n) is 12.2. The number of aliphatic hydroxyl groups is 2. The molecule has 1 aromatic carbocycles. The Balaban J connectivity index is 1.31. The van der Waals surface area contributed by atoms with Gasteiger partial charge in [0.1, 0.15) is 17.8 Å². The Kier molecular flexibility index (Phi) is 3.90. The average molecular weight is 444 g/mol. The molecule has 33 heavy (non-hydrogen) atoms. The van der Waals surface area contributed by atoms with Crippen LogP contribution in [-0.2, 0) is 9.53 Å². The van der Waals surface area contributed by atoms with E-state index in [-0.39, 0.29) is 17.6 Å². The number of carbonyl (C=O) groups excluding carboxylic acids is 1. The van der Waals surface area contributed by atoms with Gasteiger partial charge in [0.15, 0.2) is 5.78 Å². The summed E-state index contributed by atoms with van der Waals surface area (Å²) in [5.41, 5.74) is 2.14. The SMILES string of the molecule is C[C@]12CC=C3C=C4[C@@H](O)C(O)C(=O)C[C@]45CC[C@]3(O5)[C@@H]1CC[C@@H]2c1ccc2ccncc2c1. The topological polar surface area (TPSA) is 79.7 Å². The van der Waals surface area contributed by atoms with Crippen molar-refractivity contribution in [3.8, 4) is 0 Å². The van der Waals surface area contributed by atoms with Gasteiger partial charge in [-0.25, -0.2) is 0 Å². The molecule has 0 radical (unpaired) electrons. The number of Topliss-reactive ketones (excluding diaryl/α,β-unsaturated/α-hetero) is 1. The summed E-state index contributed by atoms with van der Waals surface area (Å²) in [5, 5.41) is 23.3. The van der Waals surface area contributed by atoms with Crippen LogP contribution in [0.3, 0.4) is 0 Å². The minimum Gasteiger partial charge on any atom is -0.385 e. The highest BCUT2D eigenvalue weighted by Crippen LogP contribution is 2.69. The Hall–Kier alpha value is -2.34. The van der Waals surface area contributed by atoms with Crippen LogP contribution in [0, 0.1) is 11.3 Å². The molecule has 1 aromatic heterocycles. The number of nitrogens with zero attached hydrogens (tertiary/aromatic N) is 1. The quantitative estimate of drug-likeness (QED) is 0.697.